The lowest BCUT2D eigenvalue weighted by molar-refractivity contribution is 0.232. The van der Waals surface area contributed by atoms with Crippen molar-refractivity contribution < 1.29 is 10.4 Å². The van der Waals surface area contributed by atoms with Crippen LogP contribution in [0.4, 0.5) is 11.5 Å². The fraction of sp³-hybridized carbons (Fsp3) is 0.412. The summed E-state index contributed by atoms with van der Waals surface area (Å²) in [5.74, 6) is 2.40. The maximum Gasteiger partial charge on any atom is 0.214 e. The van der Waals surface area contributed by atoms with Gasteiger partial charge in [0.1, 0.15) is 12.1 Å². The Hall–Kier alpha value is -2.55. The van der Waals surface area contributed by atoms with Crippen LogP contribution >= 0.6 is 0 Å². The quantitative estimate of drug-likeness (QED) is 0.759. The van der Waals surface area contributed by atoms with E-state index in [4.69, 9.17) is 15.9 Å². The number of aromatic nitrogens is 3. The maximum absolute atomic E-state index is 11.5. The van der Waals surface area contributed by atoms with E-state index in [9.17, 15) is 4.21 Å². The van der Waals surface area contributed by atoms with Crippen molar-refractivity contribution in [2.75, 3.05) is 35.2 Å². The Morgan fingerprint density at radius 1 is 1.31 bits per heavy atom. The number of pyridine rings is 1. The van der Waals surface area contributed by atoms with E-state index in [2.05, 4.69) is 19.9 Å². The Bertz CT molecular complexity index is 838. The van der Waals surface area contributed by atoms with Gasteiger partial charge in [-0.05, 0) is 13.8 Å². The summed E-state index contributed by atoms with van der Waals surface area (Å²) in [4.78, 5) is 14.7. The van der Waals surface area contributed by atoms with Crippen molar-refractivity contribution in [3.05, 3.63) is 35.9 Å². The predicted octanol–water partition coefficient (Wildman–Crippen LogP) is 1.47. The summed E-state index contributed by atoms with van der Waals surface area (Å²) in [6.45, 7) is 5.18. The van der Waals surface area contributed by atoms with Gasteiger partial charge in [0.25, 0.3) is 0 Å². The van der Waals surface area contributed by atoms with Crippen LogP contribution in [0.3, 0.4) is 0 Å². The second-order valence-electron chi connectivity index (χ2n) is 6.25. The molecule has 0 bridgehead atoms. The minimum Gasteiger partial charge on any atom is -0.475 e. The molecule has 0 radical (unpaired) electrons. The lowest BCUT2D eigenvalue weighted by atomic mass is 10.1. The first kappa shape index (κ1) is 18.2. The van der Waals surface area contributed by atoms with E-state index in [0.717, 1.165) is 5.82 Å². The Morgan fingerprint density at radius 2 is 2.04 bits per heavy atom. The normalized spacial score (nSPS) is 15.3. The lowest BCUT2D eigenvalue weighted by Gasteiger charge is -2.27. The summed E-state index contributed by atoms with van der Waals surface area (Å²) in [6, 6.07) is 3.42. The van der Waals surface area contributed by atoms with Crippen molar-refractivity contribution in [3.63, 3.8) is 0 Å². The van der Waals surface area contributed by atoms with Crippen LogP contribution in [0.5, 0.6) is 5.88 Å². The van der Waals surface area contributed by atoms with Crippen molar-refractivity contribution in [1.29, 1.82) is 5.41 Å². The standard InChI is InChI=1S/C17H22N6O2S.H2/c1-11(2)25-16-7-12(13(18)9-20-16)17(19)14-8-15(22-10-21-14)23-3-5-26(24)6-4-23;/h7-11,19H,3-6,18H2,1-2H3;1H. The Kier molecular flexibility index (Phi) is 5.46. The fourth-order valence-electron chi connectivity index (χ4n) is 2.63. The molecule has 0 amide bonds. The molecule has 2 aromatic heterocycles. The number of anilines is 2. The summed E-state index contributed by atoms with van der Waals surface area (Å²) >= 11 is 0. The van der Waals surface area contributed by atoms with E-state index in [1.807, 2.05) is 13.8 Å². The summed E-state index contributed by atoms with van der Waals surface area (Å²) in [7, 11) is -0.754. The van der Waals surface area contributed by atoms with Gasteiger partial charge in [0.2, 0.25) is 5.88 Å². The zero-order chi connectivity index (χ0) is 18.7. The molecule has 1 fully saturated rings. The topological polar surface area (TPSA) is 118 Å². The predicted molar refractivity (Wildman–Crippen MR) is 105 cm³/mol. The third-order valence-corrected chi connectivity index (χ3v) is 5.22. The van der Waals surface area contributed by atoms with E-state index >= 15 is 0 Å². The van der Waals surface area contributed by atoms with Gasteiger partial charge in [-0.25, -0.2) is 15.0 Å². The number of hydrogen-bond donors (Lipinski definition) is 2. The van der Waals surface area contributed by atoms with Crippen LogP contribution < -0.4 is 15.4 Å². The van der Waals surface area contributed by atoms with Gasteiger partial charge in [-0.15, -0.1) is 0 Å². The molecule has 0 spiro atoms. The van der Waals surface area contributed by atoms with Crippen molar-refractivity contribution >= 4 is 28.0 Å². The highest BCUT2D eigenvalue weighted by Crippen LogP contribution is 2.22. The first-order valence-electron chi connectivity index (χ1n) is 8.37. The van der Waals surface area contributed by atoms with E-state index in [1.54, 1.807) is 12.1 Å². The SMILES string of the molecule is CC(C)Oc1cc(C(=N)c2cc(N3CCS(=O)CC3)ncn2)c(N)cn1.[HH]. The molecule has 26 heavy (non-hydrogen) atoms. The molecule has 0 aliphatic carbocycles. The zero-order valence-electron chi connectivity index (χ0n) is 14.8. The molecule has 140 valence electrons. The van der Waals surface area contributed by atoms with E-state index in [-0.39, 0.29) is 13.2 Å². The largest absolute Gasteiger partial charge is 0.475 e. The lowest BCUT2D eigenvalue weighted by Crippen LogP contribution is -2.38. The molecule has 9 heteroatoms. The fourth-order valence-corrected chi connectivity index (χ4v) is 3.68. The maximum atomic E-state index is 11.5. The third-order valence-electron chi connectivity index (χ3n) is 3.95. The second kappa shape index (κ2) is 7.77. The molecular formula is C17H24N6O2S. The number of nitrogens with zero attached hydrogens (tertiary/aromatic N) is 4. The minimum atomic E-state index is -0.754. The van der Waals surface area contributed by atoms with Gasteiger partial charge in [-0.3, -0.25) is 9.62 Å². The number of ether oxygens (including phenoxy) is 1. The molecule has 0 atom stereocenters. The summed E-state index contributed by atoms with van der Waals surface area (Å²) in [5.41, 5.74) is 7.56. The average Bonchev–Trinajstić information content (AvgIpc) is 2.63. The van der Waals surface area contributed by atoms with E-state index in [1.165, 1.54) is 12.5 Å². The third kappa shape index (κ3) is 4.16. The molecule has 0 saturated carbocycles. The van der Waals surface area contributed by atoms with Gasteiger partial charge in [-0.1, -0.05) is 0 Å². The first-order chi connectivity index (χ1) is 12.4. The first-order valence-corrected chi connectivity index (χ1v) is 9.86. The monoisotopic (exact) mass is 376 g/mol. The van der Waals surface area contributed by atoms with Gasteiger partial charge in [0.05, 0.1) is 29.4 Å². The highest BCUT2D eigenvalue weighted by Gasteiger charge is 2.19. The number of nitrogens with two attached hydrogens (primary N) is 1. The van der Waals surface area contributed by atoms with Crippen LogP contribution in [0.15, 0.2) is 24.7 Å². The molecule has 1 aliphatic heterocycles. The van der Waals surface area contributed by atoms with Gasteiger partial charge >= 0.3 is 0 Å². The van der Waals surface area contributed by atoms with Gasteiger partial charge in [0, 0.05) is 54.5 Å². The van der Waals surface area contributed by atoms with Gasteiger partial charge < -0.3 is 15.4 Å². The zero-order valence-corrected chi connectivity index (χ0v) is 15.6. The Morgan fingerprint density at radius 3 is 2.73 bits per heavy atom. The van der Waals surface area contributed by atoms with Gasteiger partial charge in [0.15, 0.2) is 0 Å². The molecule has 1 saturated heterocycles. The van der Waals surface area contributed by atoms with E-state index in [0.29, 0.717) is 47.4 Å². The van der Waals surface area contributed by atoms with Crippen molar-refractivity contribution in [2.45, 2.75) is 20.0 Å². The summed E-state index contributed by atoms with van der Waals surface area (Å²) < 4.78 is 17.1. The highest BCUT2D eigenvalue weighted by atomic mass is 32.2. The average molecular weight is 376 g/mol. The van der Waals surface area contributed by atoms with Crippen LogP contribution in [-0.4, -0.2) is 55.6 Å². The number of hydrogen-bond acceptors (Lipinski definition) is 8. The van der Waals surface area contributed by atoms with Crippen LogP contribution in [0, 0.1) is 5.41 Å². The minimum absolute atomic E-state index is 0. The Balaban J connectivity index is 0.00000261. The van der Waals surface area contributed by atoms with E-state index < -0.39 is 10.8 Å². The Labute approximate surface area is 156 Å². The number of rotatable bonds is 5. The van der Waals surface area contributed by atoms with Crippen LogP contribution in [0.2, 0.25) is 0 Å². The van der Waals surface area contributed by atoms with Gasteiger partial charge in [-0.2, -0.15) is 0 Å². The highest BCUT2D eigenvalue weighted by molar-refractivity contribution is 7.85. The van der Waals surface area contributed by atoms with Crippen LogP contribution in [0.25, 0.3) is 0 Å². The molecule has 8 nitrogen and oxygen atoms in total. The molecule has 3 N–H and O–H groups in total. The molecular weight excluding hydrogens is 352 g/mol. The summed E-state index contributed by atoms with van der Waals surface area (Å²) in [5, 5.41) is 8.51. The molecule has 3 rings (SSSR count). The second-order valence-corrected chi connectivity index (χ2v) is 7.94. The molecule has 2 aromatic rings. The molecule has 3 heterocycles. The number of nitrogens with one attached hydrogen (secondary N) is 1. The van der Waals surface area contributed by atoms with Crippen LogP contribution in [0.1, 0.15) is 26.5 Å². The smallest absolute Gasteiger partial charge is 0.214 e. The molecule has 1 aliphatic rings. The van der Waals surface area contributed by atoms with Crippen LogP contribution in [-0.2, 0) is 10.8 Å². The molecule has 0 unspecified atom stereocenters. The van der Waals surface area contributed by atoms with Crippen molar-refractivity contribution in [2.24, 2.45) is 0 Å². The number of nitrogen functional groups attached to an aromatic ring is 1. The molecule has 0 aromatic carbocycles. The van der Waals surface area contributed by atoms with Crippen molar-refractivity contribution in [3.8, 4) is 5.88 Å². The summed E-state index contributed by atoms with van der Waals surface area (Å²) in [6.07, 6.45) is 2.90. The van der Waals surface area contributed by atoms with Crippen molar-refractivity contribution in [1.82, 2.24) is 15.0 Å².